The normalized spacial score (nSPS) is 16.5. The molecule has 0 atom stereocenters. The number of carbonyl (C=O) groups excluding carboxylic acids is 1. The Labute approximate surface area is 129 Å². The summed E-state index contributed by atoms with van der Waals surface area (Å²) in [4.78, 5) is 15.1. The van der Waals surface area contributed by atoms with E-state index in [1.54, 1.807) is 7.11 Å². The van der Waals surface area contributed by atoms with Crippen molar-refractivity contribution in [2.45, 2.75) is 26.7 Å². The van der Waals surface area contributed by atoms with E-state index in [2.05, 4.69) is 4.90 Å². The molecule has 5 nitrogen and oxygen atoms in total. The molecule has 2 heterocycles. The van der Waals surface area contributed by atoms with E-state index >= 15 is 0 Å². The molecule has 1 aromatic heterocycles. The van der Waals surface area contributed by atoms with Crippen molar-refractivity contribution < 1.29 is 14.6 Å². The van der Waals surface area contributed by atoms with Gasteiger partial charge in [-0.15, -0.1) is 11.3 Å². The summed E-state index contributed by atoms with van der Waals surface area (Å²) in [6.07, 6.45) is 1.90. The molecule has 0 saturated carbocycles. The zero-order valence-electron chi connectivity index (χ0n) is 12.9. The standard InChI is InChI=1S/C15H24N2O3S/c1-9(2)12(19)14-11(16)13(20-3)15(21-14)17-6-4-10(8-18)5-7-17/h9-10,18H,4-8,16H2,1-3H3. The van der Waals surface area contributed by atoms with Crippen molar-refractivity contribution in [2.75, 3.05) is 37.4 Å². The van der Waals surface area contributed by atoms with Crippen LogP contribution in [0.5, 0.6) is 5.75 Å². The van der Waals surface area contributed by atoms with E-state index in [4.69, 9.17) is 10.5 Å². The first-order chi connectivity index (χ1) is 9.99. The molecule has 118 valence electrons. The second-order valence-electron chi connectivity index (χ2n) is 5.82. The fourth-order valence-corrected chi connectivity index (χ4v) is 3.92. The van der Waals surface area contributed by atoms with Crippen LogP contribution in [0.15, 0.2) is 0 Å². The van der Waals surface area contributed by atoms with Crippen molar-refractivity contribution in [3.05, 3.63) is 4.88 Å². The number of thiophene rings is 1. The van der Waals surface area contributed by atoms with E-state index in [1.807, 2.05) is 13.8 Å². The van der Waals surface area contributed by atoms with Gasteiger partial charge >= 0.3 is 0 Å². The molecule has 0 bridgehead atoms. The Balaban J connectivity index is 2.27. The number of nitrogen functional groups attached to an aromatic ring is 1. The monoisotopic (exact) mass is 312 g/mol. The molecule has 2 rings (SSSR count). The van der Waals surface area contributed by atoms with Crippen LogP contribution in [-0.4, -0.2) is 37.7 Å². The molecule has 0 spiro atoms. The lowest BCUT2D eigenvalue weighted by Gasteiger charge is -2.32. The van der Waals surface area contributed by atoms with Crippen molar-refractivity contribution in [3.63, 3.8) is 0 Å². The summed E-state index contributed by atoms with van der Waals surface area (Å²) >= 11 is 1.43. The van der Waals surface area contributed by atoms with Crippen LogP contribution >= 0.6 is 11.3 Å². The molecule has 1 aromatic rings. The van der Waals surface area contributed by atoms with Gasteiger partial charge in [0.2, 0.25) is 0 Å². The van der Waals surface area contributed by atoms with Crippen LogP contribution < -0.4 is 15.4 Å². The van der Waals surface area contributed by atoms with E-state index in [-0.39, 0.29) is 18.3 Å². The molecule has 0 aliphatic carbocycles. The fraction of sp³-hybridized carbons (Fsp3) is 0.667. The molecule has 1 fully saturated rings. The van der Waals surface area contributed by atoms with Gasteiger partial charge in [0.1, 0.15) is 5.00 Å². The van der Waals surface area contributed by atoms with Gasteiger partial charge in [-0.1, -0.05) is 13.8 Å². The van der Waals surface area contributed by atoms with Crippen LogP contribution in [0.4, 0.5) is 10.7 Å². The van der Waals surface area contributed by atoms with Crippen LogP contribution in [0.3, 0.4) is 0 Å². The van der Waals surface area contributed by atoms with E-state index < -0.39 is 0 Å². The SMILES string of the molecule is COc1c(N2CCC(CO)CC2)sc(C(=O)C(C)C)c1N. The molecule has 6 heteroatoms. The third kappa shape index (κ3) is 3.16. The second-order valence-corrected chi connectivity index (χ2v) is 6.81. The number of Topliss-reactive ketones (excluding diaryl/α,β-unsaturated/α-hetero) is 1. The van der Waals surface area contributed by atoms with Gasteiger partial charge in [-0.05, 0) is 18.8 Å². The number of ketones is 1. The first-order valence-corrected chi connectivity index (χ1v) is 8.17. The van der Waals surface area contributed by atoms with Crippen molar-refractivity contribution in [3.8, 4) is 5.75 Å². The van der Waals surface area contributed by atoms with Gasteiger partial charge in [0.25, 0.3) is 0 Å². The smallest absolute Gasteiger partial charge is 0.177 e. The Hall–Kier alpha value is -1.27. The van der Waals surface area contributed by atoms with Crippen molar-refractivity contribution in [2.24, 2.45) is 11.8 Å². The highest BCUT2D eigenvalue weighted by Gasteiger charge is 2.28. The number of nitrogens with two attached hydrogens (primary N) is 1. The van der Waals surface area contributed by atoms with E-state index in [0.717, 1.165) is 30.9 Å². The number of ether oxygens (including phenoxy) is 1. The molecule has 0 radical (unpaired) electrons. The number of hydrogen-bond donors (Lipinski definition) is 2. The first-order valence-electron chi connectivity index (χ1n) is 7.35. The lowest BCUT2D eigenvalue weighted by molar-refractivity contribution is 0.0944. The number of piperidine rings is 1. The highest BCUT2D eigenvalue weighted by molar-refractivity contribution is 7.19. The minimum atomic E-state index is -0.0800. The molecule has 1 saturated heterocycles. The maximum atomic E-state index is 12.3. The quantitative estimate of drug-likeness (QED) is 0.817. The predicted molar refractivity (Wildman–Crippen MR) is 86.5 cm³/mol. The maximum Gasteiger partial charge on any atom is 0.177 e. The van der Waals surface area contributed by atoms with E-state index in [1.165, 1.54) is 11.3 Å². The molecule has 1 aliphatic rings. The number of aliphatic hydroxyl groups is 1. The minimum absolute atomic E-state index is 0.0623. The van der Waals surface area contributed by atoms with Crippen LogP contribution in [0.2, 0.25) is 0 Å². The average molecular weight is 312 g/mol. The Bertz CT molecular complexity index is 505. The van der Waals surface area contributed by atoms with Gasteiger partial charge in [0.15, 0.2) is 11.5 Å². The molecule has 1 aliphatic heterocycles. The highest BCUT2D eigenvalue weighted by atomic mass is 32.1. The van der Waals surface area contributed by atoms with Crippen molar-refractivity contribution in [1.82, 2.24) is 0 Å². The van der Waals surface area contributed by atoms with Crippen molar-refractivity contribution >= 4 is 27.8 Å². The molecule has 3 N–H and O–H groups in total. The van der Waals surface area contributed by atoms with Crippen molar-refractivity contribution in [1.29, 1.82) is 0 Å². The van der Waals surface area contributed by atoms with Gasteiger partial charge in [-0.25, -0.2) is 0 Å². The van der Waals surface area contributed by atoms with Crippen LogP contribution in [0, 0.1) is 11.8 Å². The van der Waals surface area contributed by atoms with Gasteiger partial charge in [-0.2, -0.15) is 0 Å². The fourth-order valence-electron chi connectivity index (χ4n) is 2.59. The summed E-state index contributed by atoms with van der Waals surface area (Å²) in [7, 11) is 1.59. The summed E-state index contributed by atoms with van der Waals surface area (Å²) in [5.74, 6) is 0.976. The van der Waals surface area contributed by atoms with Gasteiger partial charge in [-0.3, -0.25) is 4.79 Å². The molecular formula is C15H24N2O3S. The summed E-state index contributed by atoms with van der Waals surface area (Å²) in [5, 5.41) is 10.2. The van der Waals surface area contributed by atoms with Crippen LogP contribution in [0.25, 0.3) is 0 Å². The number of carbonyl (C=O) groups is 1. The Morgan fingerprint density at radius 1 is 1.48 bits per heavy atom. The summed E-state index contributed by atoms with van der Waals surface area (Å²) in [6, 6.07) is 0. The Morgan fingerprint density at radius 2 is 2.10 bits per heavy atom. The number of aliphatic hydroxyl groups excluding tert-OH is 1. The largest absolute Gasteiger partial charge is 0.492 e. The van der Waals surface area contributed by atoms with Gasteiger partial charge < -0.3 is 20.5 Å². The van der Waals surface area contributed by atoms with E-state index in [0.29, 0.717) is 22.2 Å². The van der Waals surface area contributed by atoms with Crippen LogP contribution in [0.1, 0.15) is 36.4 Å². The Kier molecular flexibility index (Phi) is 5.11. The van der Waals surface area contributed by atoms with Crippen LogP contribution in [-0.2, 0) is 0 Å². The highest BCUT2D eigenvalue weighted by Crippen LogP contribution is 2.46. The lowest BCUT2D eigenvalue weighted by Crippen LogP contribution is -2.34. The summed E-state index contributed by atoms with van der Waals surface area (Å²) in [6.45, 7) is 5.71. The van der Waals surface area contributed by atoms with Gasteiger partial charge in [0.05, 0.1) is 17.7 Å². The number of rotatable bonds is 5. The number of hydrogen-bond acceptors (Lipinski definition) is 6. The second kappa shape index (κ2) is 6.66. The zero-order chi connectivity index (χ0) is 15.6. The third-order valence-corrected chi connectivity index (χ3v) is 5.26. The maximum absolute atomic E-state index is 12.3. The molecule has 0 aromatic carbocycles. The summed E-state index contributed by atoms with van der Waals surface area (Å²) < 4.78 is 5.44. The number of methoxy groups -OCH3 is 1. The first kappa shape index (κ1) is 16.1. The topological polar surface area (TPSA) is 75.8 Å². The molecule has 21 heavy (non-hydrogen) atoms. The lowest BCUT2D eigenvalue weighted by atomic mass is 9.98. The average Bonchev–Trinajstić information content (AvgIpc) is 2.83. The number of anilines is 2. The van der Waals surface area contributed by atoms with E-state index in [9.17, 15) is 9.90 Å². The summed E-state index contributed by atoms with van der Waals surface area (Å²) in [5.41, 5.74) is 6.57. The third-order valence-electron chi connectivity index (χ3n) is 3.99. The molecule has 0 unspecified atom stereocenters. The minimum Gasteiger partial charge on any atom is -0.492 e. The Morgan fingerprint density at radius 3 is 2.57 bits per heavy atom. The number of nitrogens with zero attached hydrogens (tertiary/aromatic N) is 1. The zero-order valence-corrected chi connectivity index (χ0v) is 13.7. The predicted octanol–water partition coefficient (Wildman–Crippen LogP) is 2.39. The molecule has 0 amide bonds. The molecular weight excluding hydrogens is 288 g/mol. The van der Waals surface area contributed by atoms with Gasteiger partial charge in [0, 0.05) is 25.6 Å².